The molecule has 9 nitrogen and oxygen atoms in total. The summed E-state index contributed by atoms with van der Waals surface area (Å²) in [7, 11) is -2.66. The normalized spacial score (nSPS) is 14.1. The van der Waals surface area contributed by atoms with E-state index >= 15 is 0 Å². The van der Waals surface area contributed by atoms with Crippen molar-refractivity contribution in [1.29, 1.82) is 0 Å². The second-order valence-corrected chi connectivity index (χ2v) is 13.0. The highest BCUT2D eigenvalue weighted by Gasteiger charge is 2.34. The summed E-state index contributed by atoms with van der Waals surface area (Å²) >= 11 is 6.04. The highest BCUT2D eigenvalue weighted by molar-refractivity contribution is 7.92. The van der Waals surface area contributed by atoms with Gasteiger partial charge in [-0.25, -0.2) is 8.42 Å². The molecule has 1 saturated carbocycles. The van der Waals surface area contributed by atoms with Gasteiger partial charge in [-0.1, -0.05) is 43.5 Å². The molecule has 0 radical (unpaired) electrons. The summed E-state index contributed by atoms with van der Waals surface area (Å²) in [6, 6.07) is 18.8. The topological polar surface area (TPSA) is 105 Å². The van der Waals surface area contributed by atoms with Crippen molar-refractivity contribution in [2.24, 2.45) is 0 Å². The molecule has 11 heteroatoms. The van der Waals surface area contributed by atoms with Crippen LogP contribution in [0.5, 0.6) is 11.5 Å². The van der Waals surface area contributed by atoms with E-state index in [0.29, 0.717) is 29.5 Å². The van der Waals surface area contributed by atoms with Crippen LogP contribution >= 0.6 is 11.6 Å². The Morgan fingerprint density at radius 2 is 1.66 bits per heavy atom. The summed E-state index contributed by atoms with van der Waals surface area (Å²) in [6.45, 7) is 3.71. The molecule has 0 saturated heterocycles. The summed E-state index contributed by atoms with van der Waals surface area (Å²) in [5.41, 5.74) is 1.03. The molecule has 0 spiro atoms. The molecule has 1 aliphatic rings. The van der Waals surface area contributed by atoms with E-state index in [2.05, 4.69) is 5.32 Å². The van der Waals surface area contributed by atoms with E-state index in [0.717, 1.165) is 35.6 Å². The monoisotopic (exact) mass is 641 g/mol. The van der Waals surface area contributed by atoms with Gasteiger partial charge in [-0.3, -0.25) is 13.9 Å². The van der Waals surface area contributed by atoms with Gasteiger partial charge in [0, 0.05) is 17.6 Å². The Bertz CT molecular complexity index is 1510. The highest BCUT2D eigenvalue weighted by Crippen LogP contribution is 2.28. The van der Waals surface area contributed by atoms with Gasteiger partial charge in [0.05, 0.1) is 24.3 Å². The molecule has 3 aromatic rings. The molecule has 0 aromatic heterocycles. The number of sulfonamides is 1. The zero-order chi connectivity index (χ0) is 31.7. The van der Waals surface area contributed by atoms with Crippen molar-refractivity contribution in [2.75, 3.05) is 24.6 Å². The first kappa shape index (κ1) is 33.1. The molecule has 0 heterocycles. The Kier molecular flexibility index (Phi) is 11.5. The molecule has 2 amide bonds. The lowest BCUT2D eigenvalue weighted by Crippen LogP contribution is -2.53. The van der Waals surface area contributed by atoms with Crippen molar-refractivity contribution >= 4 is 39.1 Å². The minimum Gasteiger partial charge on any atom is -0.497 e. The average molecular weight is 642 g/mol. The van der Waals surface area contributed by atoms with Gasteiger partial charge in [-0.05, 0) is 92.4 Å². The highest BCUT2D eigenvalue weighted by atomic mass is 35.5. The minimum atomic E-state index is -4.21. The van der Waals surface area contributed by atoms with Crippen LogP contribution in [0.4, 0.5) is 5.69 Å². The zero-order valence-corrected chi connectivity index (χ0v) is 26.9. The number of nitrogens with one attached hydrogen (secondary N) is 1. The molecule has 44 heavy (non-hydrogen) atoms. The van der Waals surface area contributed by atoms with Crippen LogP contribution in [0.3, 0.4) is 0 Å². The van der Waals surface area contributed by atoms with Crippen molar-refractivity contribution in [3.05, 3.63) is 83.4 Å². The smallest absolute Gasteiger partial charge is 0.264 e. The molecule has 0 unspecified atom stereocenters. The molecule has 1 aliphatic carbocycles. The van der Waals surface area contributed by atoms with Gasteiger partial charge in [-0.2, -0.15) is 0 Å². The van der Waals surface area contributed by atoms with Crippen LogP contribution in [0.25, 0.3) is 0 Å². The molecule has 1 fully saturated rings. The lowest BCUT2D eigenvalue weighted by atomic mass is 10.1. The van der Waals surface area contributed by atoms with Crippen LogP contribution in [-0.4, -0.2) is 57.5 Å². The first-order chi connectivity index (χ1) is 21.2. The molecule has 4 rings (SSSR count). The number of amides is 2. The van der Waals surface area contributed by atoms with Crippen molar-refractivity contribution < 1.29 is 27.5 Å². The van der Waals surface area contributed by atoms with Gasteiger partial charge < -0.3 is 19.7 Å². The van der Waals surface area contributed by atoms with E-state index in [4.69, 9.17) is 21.1 Å². The Morgan fingerprint density at radius 3 is 2.27 bits per heavy atom. The summed E-state index contributed by atoms with van der Waals surface area (Å²) in [4.78, 5) is 29.3. The summed E-state index contributed by atoms with van der Waals surface area (Å²) in [6.07, 6.45) is 4.25. The fourth-order valence-electron chi connectivity index (χ4n) is 5.39. The van der Waals surface area contributed by atoms with Crippen LogP contribution in [0, 0.1) is 0 Å². The van der Waals surface area contributed by atoms with Crippen LogP contribution in [0.15, 0.2) is 77.7 Å². The van der Waals surface area contributed by atoms with Gasteiger partial charge in [-0.15, -0.1) is 0 Å². The van der Waals surface area contributed by atoms with Gasteiger partial charge in [0.1, 0.15) is 24.1 Å². The first-order valence-electron chi connectivity index (χ1n) is 14.9. The molecule has 236 valence electrons. The average Bonchev–Trinajstić information content (AvgIpc) is 3.53. The quantitative estimate of drug-likeness (QED) is 0.238. The van der Waals surface area contributed by atoms with Crippen LogP contribution < -0.4 is 19.1 Å². The number of nitrogens with zero attached hydrogens (tertiary/aromatic N) is 2. The lowest BCUT2D eigenvalue weighted by molar-refractivity contribution is -0.140. The Balaban J connectivity index is 1.72. The summed E-state index contributed by atoms with van der Waals surface area (Å²) in [5.74, 6) is 0.414. The van der Waals surface area contributed by atoms with Crippen molar-refractivity contribution in [2.45, 2.75) is 69.5 Å². The van der Waals surface area contributed by atoms with E-state index in [1.807, 2.05) is 26.0 Å². The number of methoxy groups -OCH3 is 1. The van der Waals surface area contributed by atoms with Gasteiger partial charge in [0.15, 0.2) is 0 Å². The minimum absolute atomic E-state index is 0.0195. The fourth-order valence-corrected chi connectivity index (χ4v) is 6.93. The standard InChI is InChI=1S/C33H40ClN3O6S/c1-4-31(33(39)35-26-10-6-7-11-26)36(22-24-9-8-12-29(21-24)42-3)32(38)23-37(27-15-17-28(18-16-27)43-5-2)44(40,41)30-19-13-25(34)14-20-30/h8-9,12-21,26,31H,4-7,10-11,22-23H2,1-3H3,(H,35,39)/t31-/m1/s1. The number of ether oxygens (including phenoxy) is 2. The molecular formula is C33H40ClN3O6S. The maximum Gasteiger partial charge on any atom is 0.264 e. The number of hydrogen-bond donors (Lipinski definition) is 1. The van der Waals surface area contributed by atoms with Crippen molar-refractivity contribution in [3.63, 3.8) is 0 Å². The van der Waals surface area contributed by atoms with Gasteiger partial charge >= 0.3 is 0 Å². The third kappa shape index (κ3) is 8.24. The summed E-state index contributed by atoms with van der Waals surface area (Å²) < 4.78 is 40.1. The lowest BCUT2D eigenvalue weighted by Gasteiger charge is -2.34. The number of carbonyl (C=O) groups excluding carboxylic acids is 2. The molecular weight excluding hydrogens is 602 g/mol. The van der Waals surface area contributed by atoms with Crippen molar-refractivity contribution in [1.82, 2.24) is 10.2 Å². The predicted octanol–water partition coefficient (Wildman–Crippen LogP) is 5.81. The predicted molar refractivity (Wildman–Crippen MR) is 172 cm³/mol. The largest absolute Gasteiger partial charge is 0.497 e. The van der Waals surface area contributed by atoms with E-state index < -0.39 is 28.5 Å². The van der Waals surface area contributed by atoms with Crippen molar-refractivity contribution in [3.8, 4) is 11.5 Å². The first-order valence-corrected chi connectivity index (χ1v) is 16.7. The number of benzene rings is 3. The molecule has 1 N–H and O–H groups in total. The van der Waals surface area contributed by atoms with E-state index in [9.17, 15) is 18.0 Å². The number of anilines is 1. The molecule has 0 aliphatic heterocycles. The van der Waals surface area contributed by atoms with Crippen LogP contribution in [0.1, 0.15) is 51.5 Å². The van der Waals surface area contributed by atoms with E-state index in [1.54, 1.807) is 43.5 Å². The number of rotatable bonds is 14. The van der Waals surface area contributed by atoms with Gasteiger partial charge in [0.25, 0.3) is 10.0 Å². The fraction of sp³-hybridized carbons (Fsp3) is 0.394. The molecule has 1 atom stereocenters. The van der Waals surface area contributed by atoms with E-state index in [1.165, 1.54) is 29.2 Å². The second kappa shape index (κ2) is 15.3. The Labute approximate surface area is 265 Å². The number of carbonyl (C=O) groups is 2. The zero-order valence-electron chi connectivity index (χ0n) is 25.4. The molecule has 0 bridgehead atoms. The second-order valence-electron chi connectivity index (χ2n) is 10.7. The number of hydrogen-bond acceptors (Lipinski definition) is 6. The van der Waals surface area contributed by atoms with Gasteiger partial charge in [0.2, 0.25) is 11.8 Å². The molecule has 3 aromatic carbocycles. The Morgan fingerprint density at radius 1 is 0.977 bits per heavy atom. The number of halogens is 1. The third-order valence-electron chi connectivity index (χ3n) is 7.69. The van der Waals surface area contributed by atoms with Crippen LogP contribution in [0.2, 0.25) is 5.02 Å². The third-order valence-corrected chi connectivity index (χ3v) is 9.73. The SMILES string of the molecule is CCOc1ccc(N(CC(=O)N(Cc2cccc(OC)c2)[C@H](CC)C(=O)NC2CCCC2)S(=O)(=O)c2ccc(Cl)cc2)cc1. The maximum atomic E-state index is 14.3. The van der Waals surface area contributed by atoms with Crippen LogP contribution in [-0.2, 0) is 26.2 Å². The Hall–Kier alpha value is -3.76. The van der Waals surface area contributed by atoms with E-state index in [-0.39, 0.29) is 29.1 Å². The summed E-state index contributed by atoms with van der Waals surface area (Å²) in [5, 5.41) is 3.51. The maximum absolute atomic E-state index is 14.3.